The zero-order valence-electron chi connectivity index (χ0n) is 28.3. The second-order valence-corrected chi connectivity index (χ2v) is 18.6. The van der Waals surface area contributed by atoms with Crippen LogP contribution in [0.3, 0.4) is 0 Å². The molecule has 1 N–H and O–H groups in total. The van der Waals surface area contributed by atoms with E-state index in [9.17, 15) is 5.11 Å². The molecule has 5 heteroatoms. The zero-order chi connectivity index (χ0) is 32.1. The summed E-state index contributed by atoms with van der Waals surface area (Å²) in [5, 5.41) is 13.4. The van der Waals surface area contributed by atoms with E-state index in [2.05, 4.69) is 141 Å². The van der Waals surface area contributed by atoms with Gasteiger partial charge in [-0.1, -0.05) is 134 Å². The van der Waals surface area contributed by atoms with Crippen LogP contribution in [-0.4, -0.2) is 43.6 Å². The maximum absolute atomic E-state index is 11.0. The number of aliphatic hydroxyl groups excluding tert-OH is 1. The summed E-state index contributed by atoms with van der Waals surface area (Å²) in [6.07, 6.45) is 10.6. The molecule has 2 aromatic rings. The van der Waals surface area contributed by atoms with E-state index in [1.54, 1.807) is 0 Å². The van der Waals surface area contributed by atoms with Gasteiger partial charge in [0.2, 0.25) is 0 Å². The quantitative estimate of drug-likeness (QED) is 0.206. The average Bonchev–Trinajstić information content (AvgIpc) is 3.01. The van der Waals surface area contributed by atoms with Crippen molar-refractivity contribution in [3.8, 4) is 0 Å². The van der Waals surface area contributed by atoms with E-state index in [0.29, 0.717) is 31.1 Å². The van der Waals surface area contributed by atoms with E-state index < -0.39 is 20.2 Å². The molecule has 0 bridgehead atoms. The Hall–Kier alpha value is -2.28. The molecule has 1 saturated heterocycles. The molecule has 0 saturated carbocycles. The first-order valence-electron chi connectivity index (χ1n) is 16.7. The van der Waals surface area contributed by atoms with Gasteiger partial charge in [0.1, 0.15) is 0 Å². The second kappa shape index (κ2) is 14.4. The maximum atomic E-state index is 11.0. The number of aliphatic hydroxyl groups is 1. The Kier molecular flexibility index (Phi) is 11.3. The average molecular weight is 617 g/mol. The van der Waals surface area contributed by atoms with E-state index in [-0.39, 0.29) is 29.3 Å². The van der Waals surface area contributed by atoms with Crippen LogP contribution in [0.25, 0.3) is 0 Å². The van der Waals surface area contributed by atoms with E-state index in [1.807, 2.05) is 6.08 Å². The lowest BCUT2D eigenvalue weighted by molar-refractivity contribution is -0.298. The standard InChI is InChI=1S/C39H56O4Si/c1-10-28(3)36-31(6)24-25-39(42-36)27-32(40)26-33(41-39)23-22-30(5)37(29(4)11-2)43-44(38(7,8)9,34-18-14-12-15-19-34)35-20-16-13-17-21-35/h11-22,24-25,28-29,31-33,36-37,40H,2,10,23,26-27H2,1,3-9H3/b30-22+/t28-,29-,31-,32-,33+,36+,37-,39+/m0/s1. The predicted molar refractivity (Wildman–Crippen MR) is 186 cm³/mol. The number of rotatable bonds is 11. The van der Waals surface area contributed by atoms with Crippen LogP contribution in [0.4, 0.5) is 0 Å². The fraction of sp³-hybridized carbons (Fsp3) is 0.538. The van der Waals surface area contributed by atoms with Gasteiger partial charge in [0.05, 0.1) is 24.4 Å². The minimum Gasteiger partial charge on any atom is -0.400 e. The fourth-order valence-electron chi connectivity index (χ4n) is 7.13. The molecule has 0 unspecified atom stereocenters. The van der Waals surface area contributed by atoms with E-state index >= 15 is 0 Å². The lowest BCUT2D eigenvalue weighted by Gasteiger charge is -2.47. The largest absolute Gasteiger partial charge is 0.400 e. The zero-order valence-corrected chi connectivity index (χ0v) is 29.3. The van der Waals surface area contributed by atoms with Gasteiger partial charge in [-0.15, -0.1) is 6.58 Å². The molecule has 2 aliphatic heterocycles. The van der Waals surface area contributed by atoms with Crippen molar-refractivity contribution >= 4 is 18.7 Å². The van der Waals surface area contributed by atoms with Crippen molar-refractivity contribution in [1.29, 1.82) is 0 Å². The van der Waals surface area contributed by atoms with E-state index in [4.69, 9.17) is 13.9 Å². The number of hydrogen-bond donors (Lipinski definition) is 1. The van der Waals surface area contributed by atoms with Gasteiger partial charge in [-0.05, 0) is 46.3 Å². The highest BCUT2D eigenvalue weighted by molar-refractivity contribution is 6.99. The van der Waals surface area contributed by atoms with Crippen molar-refractivity contribution < 1.29 is 19.0 Å². The van der Waals surface area contributed by atoms with Crippen molar-refractivity contribution in [3.05, 3.63) is 97.1 Å². The van der Waals surface area contributed by atoms with Gasteiger partial charge >= 0.3 is 0 Å². The minimum absolute atomic E-state index is 0.0749. The van der Waals surface area contributed by atoms with Crippen LogP contribution < -0.4 is 10.4 Å². The second-order valence-electron chi connectivity index (χ2n) is 14.3. The lowest BCUT2D eigenvalue weighted by Crippen LogP contribution is -2.68. The predicted octanol–water partition coefficient (Wildman–Crippen LogP) is 7.96. The molecule has 0 radical (unpaired) electrons. The molecule has 0 aliphatic carbocycles. The third kappa shape index (κ3) is 7.40. The van der Waals surface area contributed by atoms with Crippen LogP contribution in [0.5, 0.6) is 0 Å². The summed E-state index contributed by atoms with van der Waals surface area (Å²) in [6.45, 7) is 22.1. The molecule has 0 aromatic heterocycles. The first-order chi connectivity index (χ1) is 20.9. The summed E-state index contributed by atoms with van der Waals surface area (Å²) >= 11 is 0. The van der Waals surface area contributed by atoms with Crippen LogP contribution in [0.2, 0.25) is 5.04 Å². The summed E-state index contributed by atoms with van der Waals surface area (Å²) in [5.41, 5.74) is 1.16. The van der Waals surface area contributed by atoms with Crippen molar-refractivity contribution in [3.63, 3.8) is 0 Å². The smallest absolute Gasteiger partial charge is 0.261 e. The first kappa shape index (κ1) is 34.6. The molecule has 8 atom stereocenters. The SMILES string of the molecule is C=C[C@H](C)[C@H](O[Si](c1ccccc1)(c1ccccc1)C(C)(C)C)/C(C)=C/C[C@@H]1C[C@H](O)C[C@]2(C=C[C@H](C)[C@@H]([C@@H](C)CC)O2)O1. The Labute approximate surface area is 268 Å². The summed E-state index contributed by atoms with van der Waals surface area (Å²) in [5.74, 6) is -0.0443. The first-order valence-corrected chi connectivity index (χ1v) is 18.6. The van der Waals surface area contributed by atoms with Crippen LogP contribution >= 0.6 is 0 Å². The van der Waals surface area contributed by atoms with Crippen molar-refractivity contribution in [2.45, 2.75) is 116 Å². The van der Waals surface area contributed by atoms with Crippen LogP contribution in [0.15, 0.2) is 97.1 Å². The van der Waals surface area contributed by atoms with Crippen molar-refractivity contribution in [2.24, 2.45) is 17.8 Å². The van der Waals surface area contributed by atoms with Gasteiger partial charge in [0, 0.05) is 24.7 Å². The monoisotopic (exact) mass is 616 g/mol. The highest BCUT2D eigenvalue weighted by atomic mass is 28.4. The molecule has 1 fully saturated rings. The summed E-state index contributed by atoms with van der Waals surface area (Å²) in [6, 6.07) is 21.6. The Morgan fingerprint density at radius 2 is 1.66 bits per heavy atom. The van der Waals surface area contributed by atoms with Crippen LogP contribution in [-0.2, 0) is 13.9 Å². The number of benzene rings is 2. The van der Waals surface area contributed by atoms with Crippen LogP contribution in [0, 0.1) is 17.8 Å². The molecule has 240 valence electrons. The topological polar surface area (TPSA) is 47.9 Å². The molecule has 2 heterocycles. The summed E-state index contributed by atoms with van der Waals surface area (Å²) in [7, 11) is -2.78. The molecule has 4 rings (SSSR count). The molecule has 2 aromatic carbocycles. The molecular formula is C39H56O4Si. The van der Waals surface area contributed by atoms with Gasteiger partial charge < -0.3 is 19.0 Å². The Bertz CT molecular complexity index is 1230. The van der Waals surface area contributed by atoms with E-state index in [1.165, 1.54) is 10.4 Å². The maximum Gasteiger partial charge on any atom is 0.261 e. The fourth-order valence-corrected chi connectivity index (χ4v) is 11.9. The minimum atomic E-state index is -2.78. The number of ether oxygens (including phenoxy) is 2. The van der Waals surface area contributed by atoms with E-state index in [0.717, 1.165) is 12.0 Å². The molecule has 0 amide bonds. The van der Waals surface area contributed by atoms with Gasteiger partial charge in [-0.25, -0.2) is 0 Å². The van der Waals surface area contributed by atoms with Gasteiger partial charge in [-0.2, -0.15) is 0 Å². The highest BCUT2D eigenvalue weighted by Crippen LogP contribution is 2.42. The molecule has 44 heavy (non-hydrogen) atoms. The molecule has 1 spiro atoms. The third-order valence-electron chi connectivity index (χ3n) is 9.85. The van der Waals surface area contributed by atoms with Gasteiger partial charge in [0.15, 0.2) is 5.79 Å². The van der Waals surface area contributed by atoms with Crippen LogP contribution in [0.1, 0.15) is 81.1 Å². The Morgan fingerprint density at radius 3 is 2.18 bits per heavy atom. The normalized spacial score (nSPS) is 28.4. The summed E-state index contributed by atoms with van der Waals surface area (Å²) in [4.78, 5) is 0. The Morgan fingerprint density at radius 1 is 1.07 bits per heavy atom. The van der Waals surface area contributed by atoms with Gasteiger partial charge in [0.25, 0.3) is 8.32 Å². The van der Waals surface area contributed by atoms with Gasteiger partial charge in [-0.3, -0.25) is 0 Å². The lowest BCUT2D eigenvalue weighted by atomic mass is 9.86. The van der Waals surface area contributed by atoms with Crippen molar-refractivity contribution in [2.75, 3.05) is 0 Å². The van der Waals surface area contributed by atoms with Crippen molar-refractivity contribution in [1.82, 2.24) is 0 Å². The number of hydrogen-bond acceptors (Lipinski definition) is 4. The third-order valence-corrected chi connectivity index (χ3v) is 14.9. The Balaban J connectivity index is 1.66. The highest BCUT2D eigenvalue weighted by Gasteiger charge is 2.52. The molecular weight excluding hydrogens is 561 g/mol. The summed E-state index contributed by atoms with van der Waals surface area (Å²) < 4.78 is 21.0. The molecule has 4 nitrogen and oxygen atoms in total. The molecule has 2 aliphatic rings.